The van der Waals surface area contributed by atoms with E-state index < -0.39 is 17.7 Å². The zero-order valence-electron chi connectivity index (χ0n) is 18.0. The lowest BCUT2D eigenvalue weighted by molar-refractivity contribution is -0.139. The first kappa shape index (κ1) is 22.8. The molecule has 2 aromatic carbocycles. The molecule has 1 aliphatic rings. The van der Waals surface area contributed by atoms with E-state index in [1.165, 1.54) is 0 Å². The highest BCUT2D eigenvalue weighted by Gasteiger charge is 2.45. The van der Waals surface area contributed by atoms with Crippen molar-refractivity contribution in [2.75, 3.05) is 33.8 Å². The maximum atomic E-state index is 13.0. The van der Waals surface area contributed by atoms with Crippen LogP contribution in [0, 0.1) is 0 Å². The van der Waals surface area contributed by atoms with Crippen molar-refractivity contribution in [1.82, 2.24) is 9.80 Å². The smallest absolute Gasteiger partial charge is 0.295 e. The molecular weight excluding hydrogens is 416 g/mol. The monoisotopic (exact) mass is 442 g/mol. The van der Waals surface area contributed by atoms with Crippen LogP contribution in [0.3, 0.4) is 0 Å². The predicted molar refractivity (Wildman–Crippen MR) is 121 cm³/mol. The number of ether oxygens (including phenoxy) is 1. The van der Waals surface area contributed by atoms with Crippen LogP contribution in [0.15, 0.2) is 54.1 Å². The van der Waals surface area contributed by atoms with Crippen LogP contribution in [0.1, 0.15) is 30.5 Å². The van der Waals surface area contributed by atoms with Gasteiger partial charge in [0.15, 0.2) is 0 Å². The zero-order chi connectivity index (χ0) is 22.5. The number of rotatable bonds is 8. The van der Waals surface area contributed by atoms with Gasteiger partial charge in [0, 0.05) is 12.1 Å². The number of likely N-dealkylation sites (tertiary alicyclic amines) is 1. The van der Waals surface area contributed by atoms with Gasteiger partial charge in [-0.3, -0.25) is 9.59 Å². The van der Waals surface area contributed by atoms with Gasteiger partial charge in [-0.25, -0.2) is 0 Å². The average Bonchev–Trinajstić information content (AvgIpc) is 3.00. The number of amides is 1. The van der Waals surface area contributed by atoms with Crippen LogP contribution < -0.4 is 4.74 Å². The second kappa shape index (κ2) is 9.98. The van der Waals surface area contributed by atoms with E-state index >= 15 is 0 Å². The number of halogens is 1. The fourth-order valence-electron chi connectivity index (χ4n) is 3.72. The summed E-state index contributed by atoms with van der Waals surface area (Å²) in [6.45, 7) is 3.42. The highest BCUT2D eigenvalue weighted by atomic mass is 35.5. The molecule has 0 saturated carbocycles. The van der Waals surface area contributed by atoms with E-state index in [1.54, 1.807) is 23.1 Å². The van der Waals surface area contributed by atoms with Gasteiger partial charge < -0.3 is 19.6 Å². The quantitative estimate of drug-likeness (QED) is 0.378. The fraction of sp³-hybridized carbons (Fsp3) is 0.333. The van der Waals surface area contributed by atoms with Crippen LogP contribution in [0.5, 0.6) is 5.75 Å². The minimum atomic E-state index is -0.691. The summed E-state index contributed by atoms with van der Waals surface area (Å²) in [5.41, 5.74) is 1.22. The Labute approximate surface area is 187 Å². The van der Waals surface area contributed by atoms with Gasteiger partial charge in [0.1, 0.15) is 11.5 Å². The Bertz CT molecular complexity index is 988. The van der Waals surface area contributed by atoms with Crippen molar-refractivity contribution in [3.8, 4) is 5.75 Å². The molecular formula is C24H27ClN2O4. The van der Waals surface area contributed by atoms with E-state index in [-0.39, 0.29) is 11.3 Å². The lowest BCUT2D eigenvalue weighted by Crippen LogP contribution is -2.32. The lowest BCUT2D eigenvalue weighted by atomic mass is 9.95. The Hall–Kier alpha value is -2.83. The Kier molecular flexibility index (Phi) is 7.36. The van der Waals surface area contributed by atoms with Crippen molar-refractivity contribution in [1.29, 1.82) is 0 Å². The molecule has 2 aromatic rings. The first-order chi connectivity index (χ1) is 14.8. The van der Waals surface area contributed by atoms with Crippen molar-refractivity contribution in [3.63, 3.8) is 0 Å². The summed E-state index contributed by atoms with van der Waals surface area (Å²) < 4.78 is 5.51. The Morgan fingerprint density at radius 1 is 1.16 bits per heavy atom. The number of ketones is 1. The van der Waals surface area contributed by atoms with Gasteiger partial charge in [-0.15, -0.1) is 0 Å². The van der Waals surface area contributed by atoms with Gasteiger partial charge in [0.2, 0.25) is 0 Å². The number of carbonyl (C=O) groups is 2. The first-order valence-corrected chi connectivity index (χ1v) is 10.6. The molecule has 1 aliphatic heterocycles. The Balaban J connectivity index is 2.08. The third kappa shape index (κ3) is 4.92. The molecule has 0 bridgehead atoms. The summed E-state index contributed by atoms with van der Waals surface area (Å²) in [7, 11) is 3.92. The molecule has 1 atom stereocenters. The number of aliphatic hydroxyl groups excluding tert-OH is 1. The average molecular weight is 443 g/mol. The maximum Gasteiger partial charge on any atom is 0.295 e. The summed E-state index contributed by atoms with van der Waals surface area (Å²) >= 11 is 6.17. The number of benzene rings is 2. The standard InChI is InChI=1S/C24H27ClN2O4/c1-4-31-19-15-17(11-12-18(19)25)22(28)20-21(16-9-6-5-7-10-16)27(24(30)23(20)29)14-8-13-26(2)3/h5-7,9-12,15,21,28H,4,8,13-14H2,1-3H3/b22-20-. The van der Waals surface area contributed by atoms with Gasteiger partial charge in [0.25, 0.3) is 11.7 Å². The Morgan fingerprint density at radius 3 is 2.52 bits per heavy atom. The van der Waals surface area contributed by atoms with E-state index in [1.807, 2.05) is 56.3 Å². The van der Waals surface area contributed by atoms with E-state index in [9.17, 15) is 14.7 Å². The van der Waals surface area contributed by atoms with Gasteiger partial charge in [0.05, 0.1) is 23.2 Å². The number of aliphatic hydroxyl groups is 1. The van der Waals surface area contributed by atoms with Gasteiger partial charge >= 0.3 is 0 Å². The third-order valence-electron chi connectivity index (χ3n) is 5.16. The minimum Gasteiger partial charge on any atom is -0.507 e. The maximum absolute atomic E-state index is 13.0. The SMILES string of the molecule is CCOc1cc(/C(O)=C2/C(=O)C(=O)N(CCCN(C)C)C2c2ccccc2)ccc1Cl. The molecule has 1 heterocycles. The molecule has 0 radical (unpaired) electrons. The molecule has 0 spiro atoms. The number of hydrogen-bond donors (Lipinski definition) is 1. The topological polar surface area (TPSA) is 70.1 Å². The van der Waals surface area contributed by atoms with Gasteiger partial charge in [-0.05, 0) is 57.7 Å². The summed E-state index contributed by atoms with van der Waals surface area (Å²) in [6, 6.07) is 13.4. The molecule has 1 N–H and O–H groups in total. The van der Waals surface area contributed by atoms with Crippen molar-refractivity contribution < 1.29 is 19.4 Å². The lowest BCUT2D eigenvalue weighted by Gasteiger charge is -2.26. The number of nitrogens with zero attached hydrogens (tertiary/aromatic N) is 2. The number of Topliss-reactive ketones (excluding diaryl/α,β-unsaturated/α-hetero) is 1. The second-order valence-electron chi connectivity index (χ2n) is 7.64. The Morgan fingerprint density at radius 2 is 1.87 bits per heavy atom. The van der Waals surface area contributed by atoms with Crippen molar-refractivity contribution in [3.05, 3.63) is 70.3 Å². The predicted octanol–water partition coefficient (Wildman–Crippen LogP) is 4.11. The molecule has 1 fully saturated rings. The normalized spacial score (nSPS) is 18.1. The van der Waals surface area contributed by atoms with Crippen LogP contribution in [-0.4, -0.2) is 60.4 Å². The molecule has 0 aliphatic carbocycles. The van der Waals surface area contributed by atoms with E-state index in [4.69, 9.17) is 16.3 Å². The van der Waals surface area contributed by atoms with Crippen molar-refractivity contribution >= 4 is 29.1 Å². The van der Waals surface area contributed by atoms with E-state index in [0.29, 0.717) is 35.9 Å². The summed E-state index contributed by atoms with van der Waals surface area (Å²) in [5.74, 6) is -1.12. The minimum absolute atomic E-state index is 0.0748. The molecule has 7 heteroatoms. The third-order valence-corrected chi connectivity index (χ3v) is 5.48. The molecule has 1 saturated heterocycles. The van der Waals surface area contributed by atoms with Crippen LogP contribution in [0.25, 0.3) is 5.76 Å². The molecule has 31 heavy (non-hydrogen) atoms. The van der Waals surface area contributed by atoms with Gasteiger partial charge in [-0.1, -0.05) is 41.9 Å². The highest BCUT2D eigenvalue weighted by molar-refractivity contribution is 6.46. The van der Waals surface area contributed by atoms with E-state index in [2.05, 4.69) is 0 Å². The molecule has 1 amide bonds. The fourth-order valence-corrected chi connectivity index (χ4v) is 3.89. The highest BCUT2D eigenvalue weighted by Crippen LogP contribution is 2.40. The molecule has 1 unspecified atom stereocenters. The molecule has 0 aromatic heterocycles. The van der Waals surface area contributed by atoms with Gasteiger partial charge in [-0.2, -0.15) is 0 Å². The molecule has 164 valence electrons. The van der Waals surface area contributed by atoms with Crippen LogP contribution in [0.2, 0.25) is 5.02 Å². The second-order valence-corrected chi connectivity index (χ2v) is 8.05. The largest absolute Gasteiger partial charge is 0.507 e. The van der Waals surface area contributed by atoms with Crippen molar-refractivity contribution in [2.45, 2.75) is 19.4 Å². The first-order valence-electron chi connectivity index (χ1n) is 10.3. The van der Waals surface area contributed by atoms with Crippen LogP contribution in [-0.2, 0) is 9.59 Å². The summed E-state index contributed by atoms with van der Waals surface area (Å²) in [5, 5.41) is 11.5. The summed E-state index contributed by atoms with van der Waals surface area (Å²) in [6.07, 6.45) is 0.707. The van der Waals surface area contributed by atoms with Crippen LogP contribution in [0.4, 0.5) is 0 Å². The molecule has 6 nitrogen and oxygen atoms in total. The number of hydrogen-bond acceptors (Lipinski definition) is 5. The van der Waals surface area contributed by atoms with Crippen molar-refractivity contribution in [2.24, 2.45) is 0 Å². The van der Waals surface area contributed by atoms with Crippen LogP contribution >= 0.6 is 11.6 Å². The van der Waals surface area contributed by atoms with E-state index in [0.717, 1.165) is 12.1 Å². The summed E-state index contributed by atoms with van der Waals surface area (Å²) in [4.78, 5) is 29.5. The number of carbonyl (C=O) groups excluding carboxylic acids is 2. The zero-order valence-corrected chi connectivity index (χ0v) is 18.7. The molecule has 3 rings (SSSR count).